The van der Waals surface area contributed by atoms with E-state index in [-0.39, 0.29) is 11.9 Å². The fraction of sp³-hybridized carbons (Fsp3) is 0.500. The van der Waals surface area contributed by atoms with E-state index in [0.29, 0.717) is 12.0 Å². The Morgan fingerprint density at radius 3 is 2.69 bits per heavy atom. The molecule has 3 N–H and O–H groups in total. The standard InChI is InChI=1S/C30H35N3O2/c34-29-27-26(18-31-29)32-24-5-1-2-6-25(24)33-28(27)20-7-9-23(10-8-20)35-13-12-30-11-3-4-21-14-19(16-30)15-22(21)17-30/h1-2,5-10,19,21-22,28,32-33H,3-4,11-18H2,(H,31,34). The van der Waals surface area contributed by atoms with Gasteiger partial charge in [-0.3, -0.25) is 4.79 Å². The smallest absolute Gasteiger partial charge is 0.251 e. The zero-order valence-electron chi connectivity index (χ0n) is 20.3. The van der Waals surface area contributed by atoms with Crippen LogP contribution in [0.25, 0.3) is 0 Å². The van der Waals surface area contributed by atoms with E-state index in [9.17, 15) is 4.79 Å². The van der Waals surface area contributed by atoms with Crippen molar-refractivity contribution < 1.29 is 9.53 Å². The van der Waals surface area contributed by atoms with Crippen LogP contribution in [-0.2, 0) is 4.79 Å². The maximum absolute atomic E-state index is 12.7. The lowest BCUT2D eigenvalue weighted by atomic mass is 9.66. The predicted octanol–water partition coefficient (Wildman–Crippen LogP) is 6.02. The number of ether oxygens (including phenoxy) is 1. The number of amides is 1. The molecule has 0 saturated heterocycles. The normalized spacial score (nSPS) is 32.6. The molecule has 5 nitrogen and oxygen atoms in total. The number of hydrogen-bond acceptors (Lipinski definition) is 4. The van der Waals surface area contributed by atoms with Crippen LogP contribution in [0.2, 0.25) is 0 Å². The minimum atomic E-state index is -0.201. The Balaban J connectivity index is 1.06. The number of rotatable bonds is 5. The van der Waals surface area contributed by atoms with E-state index >= 15 is 0 Å². The molecule has 3 aliphatic carbocycles. The first-order chi connectivity index (χ1) is 17.2. The third-order valence-corrected chi connectivity index (χ3v) is 9.55. The number of hydrogen-bond donors (Lipinski definition) is 3. The van der Waals surface area contributed by atoms with Gasteiger partial charge in [0.05, 0.1) is 36.1 Å². The molecule has 5 aliphatic rings. The second-order valence-electron chi connectivity index (χ2n) is 11.6. The van der Waals surface area contributed by atoms with Crippen molar-refractivity contribution in [2.45, 2.75) is 57.4 Å². The van der Waals surface area contributed by atoms with E-state index in [4.69, 9.17) is 4.74 Å². The second-order valence-corrected chi connectivity index (χ2v) is 11.6. The number of carbonyl (C=O) groups is 1. The van der Waals surface area contributed by atoms with E-state index in [1.807, 2.05) is 18.2 Å². The van der Waals surface area contributed by atoms with Gasteiger partial charge in [-0.05, 0) is 91.5 Å². The van der Waals surface area contributed by atoms with Crippen molar-refractivity contribution in [1.82, 2.24) is 5.32 Å². The summed E-state index contributed by atoms with van der Waals surface area (Å²) in [6.45, 7) is 1.34. The second kappa shape index (κ2) is 8.32. The fourth-order valence-corrected chi connectivity index (χ4v) is 8.05. The maximum Gasteiger partial charge on any atom is 0.251 e. The minimum Gasteiger partial charge on any atom is -0.494 e. The van der Waals surface area contributed by atoms with Gasteiger partial charge < -0.3 is 20.7 Å². The molecule has 2 aliphatic heterocycles. The molecule has 1 amide bonds. The molecule has 5 unspecified atom stereocenters. The summed E-state index contributed by atoms with van der Waals surface area (Å²) in [5, 5.41) is 10.0. The Morgan fingerprint density at radius 2 is 1.80 bits per heavy atom. The Labute approximate surface area is 207 Å². The van der Waals surface area contributed by atoms with Crippen LogP contribution in [0.15, 0.2) is 59.8 Å². The van der Waals surface area contributed by atoms with Gasteiger partial charge in [0.1, 0.15) is 5.75 Å². The monoisotopic (exact) mass is 469 g/mol. The molecule has 3 bridgehead atoms. The van der Waals surface area contributed by atoms with E-state index in [0.717, 1.165) is 58.3 Å². The Morgan fingerprint density at radius 1 is 0.971 bits per heavy atom. The highest BCUT2D eigenvalue weighted by molar-refractivity contribution is 6.00. The van der Waals surface area contributed by atoms with Crippen molar-refractivity contribution >= 4 is 17.3 Å². The van der Waals surface area contributed by atoms with Gasteiger partial charge in [-0.2, -0.15) is 0 Å². The lowest BCUT2D eigenvalue weighted by Gasteiger charge is -2.40. The van der Waals surface area contributed by atoms with Crippen LogP contribution >= 0.6 is 0 Å². The SMILES string of the molecule is O=C1NCC2=C1C(c1ccc(OCCC34CCCC5CC(CC5C3)C4)cc1)Nc1ccccc1N2. The summed E-state index contributed by atoms with van der Waals surface area (Å²) in [6.07, 6.45) is 11.4. The molecule has 2 heterocycles. The average molecular weight is 470 g/mol. The summed E-state index contributed by atoms with van der Waals surface area (Å²) >= 11 is 0. The van der Waals surface area contributed by atoms with Crippen LogP contribution in [0.3, 0.4) is 0 Å². The van der Waals surface area contributed by atoms with Gasteiger partial charge in [0.2, 0.25) is 0 Å². The van der Waals surface area contributed by atoms with Gasteiger partial charge in [-0.15, -0.1) is 0 Å². The predicted molar refractivity (Wildman–Crippen MR) is 138 cm³/mol. The molecule has 182 valence electrons. The fourth-order valence-electron chi connectivity index (χ4n) is 8.05. The zero-order chi connectivity index (χ0) is 23.4. The number of benzene rings is 2. The van der Waals surface area contributed by atoms with Crippen molar-refractivity contribution in [3.63, 3.8) is 0 Å². The Hall–Kier alpha value is -2.95. The molecule has 2 aromatic rings. The van der Waals surface area contributed by atoms with Crippen LogP contribution in [0.5, 0.6) is 5.75 Å². The van der Waals surface area contributed by atoms with Crippen molar-refractivity contribution in [1.29, 1.82) is 0 Å². The lowest BCUT2D eigenvalue weighted by molar-refractivity contribution is -0.116. The first-order valence-corrected chi connectivity index (χ1v) is 13.5. The van der Waals surface area contributed by atoms with Crippen LogP contribution in [-0.4, -0.2) is 19.1 Å². The minimum absolute atomic E-state index is 0.00974. The van der Waals surface area contributed by atoms with Crippen LogP contribution in [0, 0.1) is 23.2 Å². The van der Waals surface area contributed by atoms with Gasteiger partial charge in [0.25, 0.3) is 5.91 Å². The molecule has 7 rings (SSSR count). The summed E-state index contributed by atoms with van der Waals surface area (Å²) in [5.74, 6) is 3.92. The lowest BCUT2D eigenvalue weighted by Crippen LogP contribution is -2.30. The molecule has 3 saturated carbocycles. The third kappa shape index (κ3) is 3.80. The number of nitrogens with one attached hydrogen (secondary N) is 3. The molecule has 5 atom stereocenters. The molecule has 3 fully saturated rings. The summed E-state index contributed by atoms with van der Waals surface area (Å²) in [4.78, 5) is 12.7. The summed E-state index contributed by atoms with van der Waals surface area (Å²) in [7, 11) is 0. The van der Waals surface area contributed by atoms with Crippen molar-refractivity contribution in [2.24, 2.45) is 23.2 Å². The van der Waals surface area contributed by atoms with Gasteiger partial charge in [0, 0.05) is 5.70 Å². The van der Waals surface area contributed by atoms with Gasteiger partial charge >= 0.3 is 0 Å². The quantitative estimate of drug-likeness (QED) is 0.501. The molecule has 2 aromatic carbocycles. The number of fused-ring (bicyclic) bond motifs is 3. The number of anilines is 2. The molecule has 5 heteroatoms. The molecular weight excluding hydrogens is 434 g/mol. The van der Waals surface area contributed by atoms with Crippen LogP contribution < -0.4 is 20.7 Å². The Kier molecular flexibility index (Phi) is 5.07. The zero-order valence-corrected chi connectivity index (χ0v) is 20.3. The summed E-state index contributed by atoms with van der Waals surface area (Å²) in [6, 6.07) is 16.3. The van der Waals surface area contributed by atoms with Gasteiger partial charge in [0.15, 0.2) is 0 Å². The summed E-state index contributed by atoms with van der Waals surface area (Å²) in [5.41, 5.74) is 5.32. The molecule has 0 spiro atoms. The molecule has 0 radical (unpaired) electrons. The van der Waals surface area contributed by atoms with Crippen molar-refractivity contribution in [2.75, 3.05) is 23.8 Å². The van der Waals surface area contributed by atoms with E-state index < -0.39 is 0 Å². The van der Waals surface area contributed by atoms with E-state index in [2.05, 4.69) is 46.3 Å². The highest BCUT2D eigenvalue weighted by atomic mass is 16.5. The van der Waals surface area contributed by atoms with Gasteiger partial charge in [-0.1, -0.05) is 37.1 Å². The topological polar surface area (TPSA) is 62.4 Å². The third-order valence-electron chi connectivity index (χ3n) is 9.55. The Bertz CT molecular complexity index is 1170. The van der Waals surface area contributed by atoms with Crippen LogP contribution in [0.1, 0.15) is 63.0 Å². The maximum atomic E-state index is 12.7. The number of para-hydroxylation sites is 2. The van der Waals surface area contributed by atoms with E-state index in [1.165, 1.54) is 51.4 Å². The first-order valence-electron chi connectivity index (χ1n) is 13.5. The van der Waals surface area contributed by atoms with E-state index in [1.54, 1.807) is 0 Å². The molecule has 35 heavy (non-hydrogen) atoms. The molecular formula is C30H35N3O2. The number of carbonyl (C=O) groups excluding carboxylic acids is 1. The van der Waals surface area contributed by atoms with Crippen molar-refractivity contribution in [3.8, 4) is 5.75 Å². The highest BCUT2D eigenvalue weighted by Crippen LogP contribution is 2.59. The average Bonchev–Trinajstić information content (AvgIpc) is 3.25. The highest BCUT2D eigenvalue weighted by Gasteiger charge is 2.49. The molecule has 0 aromatic heterocycles. The van der Waals surface area contributed by atoms with Crippen LogP contribution in [0.4, 0.5) is 11.4 Å². The van der Waals surface area contributed by atoms with Crippen molar-refractivity contribution in [3.05, 3.63) is 65.4 Å². The summed E-state index contributed by atoms with van der Waals surface area (Å²) < 4.78 is 6.29. The first kappa shape index (κ1) is 21.3. The van der Waals surface area contributed by atoms with Gasteiger partial charge in [-0.25, -0.2) is 0 Å². The largest absolute Gasteiger partial charge is 0.494 e.